The molecule has 0 fully saturated rings. The van der Waals surface area contributed by atoms with E-state index in [1.165, 1.54) is 49.9 Å². The summed E-state index contributed by atoms with van der Waals surface area (Å²) in [6, 6.07) is 80.8. The molecule has 0 aliphatic carbocycles. The lowest BCUT2D eigenvalue weighted by Crippen LogP contribution is -2.05. The SMILES string of the molecule is c1ccc(S(c2ccccc2)(c2ccccc2)c2ccc3[nH]c4ccc(S(c5ccccc5)(c5ccccc5)c5ccccc5)cc4c3c2)cc1. The predicted octanol–water partition coefficient (Wildman–Crippen LogP) is 14.0. The Balaban J connectivity index is 1.36. The van der Waals surface area contributed by atoms with Crippen LogP contribution in [0.2, 0.25) is 0 Å². The molecule has 0 radical (unpaired) electrons. The molecular formula is C48H37NS2. The lowest BCUT2D eigenvalue weighted by Gasteiger charge is -2.42. The van der Waals surface area contributed by atoms with Gasteiger partial charge in [0.25, 0.3) is 0 Å². The summed E-state index contributed by atoms with van der Waals surface area (Å²) < 4.78 is 0. The van der Waals surface area contributed by atoms with Gasteiger partial charge in [-0.3, -0.25) is 0 Å². The molecule has 1 aromatic heterocycles. The smallest absolute Gasteiger partial charge is 0.0465 e. The van der Waals surface area contributed by atoms with E-state index < -0.39 is 20.1 Å². The Bertz CT molecular complexity index is 2180. The second-order valence-corrected chi connectivity index (χ2v) is 18.9. The molecular weight excluding hydrogens is 655 g/mol. The van der Waals surface area contributed by atoms with Crippen molar-refractivity contribution < 1.29 is 0 Å². The van der Waals surface area contributed by atoms with E-state index in [2.05, 4.69) is 223 Å². The standard InChI is InChI=1S/C48H37NS2/c1-7-19-37(20-8-1)50(38-21-9-2-10-22-38,39-23-11-3-12-24-39)43-31-33-47-45(35-43)46-36-44(32-34-48(46)49-47)51(40-25-13-4-14-26-40,41-27-15-5-16-28-41)42-29-17-6-18-30-42/h1-36,49H. The van der Waals surface area contributed by atoms with Crippen molar-refractivity contribution in [3.63, 3.8) is 0 Å². The number of rotatable bonds is 8. The number of fused-ring (bicyclic) bond motifs is 3. The first kappa shape index (κ1) is 31.3. The van der Waals surface area contributed by atoms with Gasteiger partial charge in [0.1, 0.15) is 0 Å². The molecule has 0 spiro atoms. The maximum absolute atomic E-state index is 3.79. The van der Waals surface area contributed by atoms with Crippen molar-refractivity contribution in [1.82, 2.24) is 4.98 Å². The maximum Gasteiger partial charge on any atom is 0.0465 e. The van der Waals surface area contributed by atoms with Gasteiger partial charge in [-0.1, -0.05) is 109 Å². The van der Waals surface area contributed by atoms with Gasteiger partial charge in [0, 0.05) is 61.0 Å². The van der Waals surface area contributed by atoms with Crippen LogP contribution in [0.4, 0.5) is 0 Å². The van der Waals surface area contributed by atoms with E-state index in [0.717, 1.165) is 11.0 Å². The van der Waals surface area contributed by atoms with Gasteiger partial charge in [0.05, 0.1) is 0 Å². The Labute approximate surface area is 302 Å². The van der Waals surface area contributed by atoms with Crippen molar-refractivity contribution in [3.8, 4) is 0 Å². The highest BCUT2D eigenvalue weighted by Gasteiger charge is 2.35. The van der Waals surface area contributed by atoms with Crippen molar-refractivity contribution in [2.24, 2.45) is 0 Å². The van der Waals surface area contributed by atoms with Crippen LogP contribution in [0.1, 0.15) is 0 Å². The molecule has 0 saturated carbocycles. The van der Waals surface area contributed by atoms with Crippen LogP contribution >= 0.6 is 20.1 Å². The fourth-order valence-electron chi connectivity index (χ4n) is 7.62. The van der Waals surface area contributed by atoms with Crippen LogP contribution in [-0.4, -0.2) is 4.98 Å². The molecule has 9 aromatic rings. The quantitative estimate of drug-likeness (QED) is 0.163. The fraction of sp³-hybridized carbons (Fsp3) is 0. The lowest BCUT2D eigenvalue weighted by molar-refractivity contribution is 1.25. The van der Waals surface area contributed by atoms with Crippen LogP contribution in [0.15, 0.2) is 258 Å². The van der Waals surface area contributed by atoms with E-state index in [1.807, 2.05) is 0 Å². The number of aromatic amines is 1. The van der Waals surface area contributed by atoms with E-state index in [1.54, 1.807) is 0 Å². The molecule has 0 saturated heterocycles. The van der Waals surface area contributed by atoms with E-state index in [-0.39, 0.29) is 0 Å². The maximum atomic E-state index is 3.79. The van der Waals surface area contributed by atoms with Gasteiger partial charge in [0.15, 0.2) is 0 Å². The number of hydrogen-bond acceptors (Lipinski definition) is 0. The van der Waals surface area contributed by atoms with Gasteiger partial charge in [-0.25, -0.2) is 0 Å². The summed E-state index contributed by atoms with van der Waals surface area (Å²) in [6.45, 7) is 0. The summed E-state index contributed by atoms with van der Waals surface area (Å²) in [5.41, 5.74) is 2.29. The Kier molecular flexibility index (Phi) is 8.08. The summed E-state index contributed by atoms with van der Waals surface area (Å²) in [4.78, 5) is 14.4. The van der Waals surface area contributed by atoms with Gasteiger partial charge in [-0.15, -0.1) is 20.1 Å². The molecule has 8 aromatic carbocycles. The molecule has 0 unspecified atom stereocenters. The topological polar surface area (TPSA) is 15.8 Å². The highest BCUT2D eigenvalue weighted by atomic mass is 32.3. The zero-order valence-electron chi connectivity index (χ0n) is 28.1. The van der Waals surface area contributed by atoms with Crippen LogP contribution in [0.5, 0.6) is 0 Å². The highest BCUT2D eigenvalue weighted by molar-refractivity contribution is 8.34. The van der Waals surface area contributed by atoms with Crippen LogP contribution in [0.3, 0.4) is 0 Å². The van der Waals surface area contributed by atoms with Gasteiger partial charge in [0.2, 0.25) is 0 Å². The van der Waals surface area contributed by atoms with Crippen molar-refractivity contribution in [2.75, 3.05) is 0 Å². The van der Waals surface area contributed by atoms with Gasteiger partial charge in [-0.05, 0) is 109 Å². The number of hydrogen-bond donors (Lipinski definition) is 1. The van der Waals surface area contributed by atoms with Crippen LogP contribution in [-0.2, 0) is 0 Å². The summed E-state index contributed by atoms with van der Waals surface area (Å²) in [6.07, 6.45) is 0. The van der Waals surface area contributed by atoms with Gasteiger partial charge >= 0.3 is 0 Å². The predicted molar refractivity (Wildman–Crippen MR) is 216 cm³/mol. The molecule has 9 rings (SSSR count). The Morgan fingerprint density at radius 3 is 0.706 bits per heavy atom. The molecule has 51 heavy (non-hydrogen) atoms. The molecule has 1 heterocycles. The third-order valence-electron chi connectivity index (χ3n) is 9.83. The third-order valence-corrected chi connectivity index (χ3v) is 17.6. The zero-order valence-corrected chi connectivity index (χ0v) is 29.7. The van der Waals surface area contributed by atoms with Crippen molar-refractivity contribution in [3.05, 3.63) is 218 Å². The third kappa shape index (κ3) is 5.12. The largest absolute Gasteiger partial charge is 0.355 e. The molecule has 0 bridgehead atoms. The number of H-pyrrole nitrogens is 1. The number of nitrogens with one attached hydrogen (secondary N) is 1. The molecule has 246 valence electrons. The number of aromatic nitrogens is 1. The van der Waals surface area contributed by atoms with Gasteiger partial charge < -0.3 is 4.98 Å². The van der Waals surface area contributed by atoms with Crippen LogP contribution < -0.4 is 0 Å². The molecule has 0 aliphatic rings. The van der Waals surface area contributed by atoms with E-state index in [0.29, 0.717) is 0 Å². The first-order valence-electron chi connectivity index (χ1n) is 17.3. The van der Waals surface area contributed by atoms with Crippen LogP contribution in [0, 0.1) is 0 Å². The Morgan fingerprint density at radius 2 is 0.471 bits per heavy atom. The molecule has 0 atom stereocenters. The summed E-state index contributed by atoms with van der Waals surface area (Å²) >= 11 is 0. The van der Waals surface area contributed by atoms with Crippen molar-refractivity contribution >= 4 is 41.9 Å². The van der Waals surface area contributed by atoms with Gasteiger partial charge in [-0.2, -0.15) is 0 Å². The van der Waals surface area contributed by atoms with E-state index in [9.17, 15) is 0 Å². The second kappa shape index (κ2) is 13.2. The molecule has 3 heteroatoms. The normalized spacial score (nSPS) is 12.5. The summed E-state index contributed by atoms with van der Waals surface area (Å²) in [7, 11) is -3.65. The zero-order chi connectivity index (χ0) is 34.1. The summed E-state index contributed by atoms with van der Waals surface area (Å²) in [5, 5.41) is 2.48. The molecule has 1 nitrogen and oxygen atoms in total. The first-order chi connectivity index (χ1) is 25.3. The van der Waals surface area contributed by atoms with Crippen LogP contribution in [0.25, 0.3) is 21.8 Å². The summed E-state index contributed by atoms with van der Waals surface area (Å²) in [5.74, 6) is 0. The molecule has 1 N–H and O–H groups in total. The minimum absolute atomic E-state index is 1.15. The highest BCUT2D eigenvalue weighted by Crippen LogP contribution is 2.75. The minimum atomic E-state index is -1.83. The molecule has 0 amide bonds. The Morgan fingerprint density at radius 1 is 0.235 bits per heavy atom. The number of benzene rings is 8. The lowest BCUT2D eigenvalue weighted by atomic mass is 10.1. The average molecular weight is 692 g/mol. The van der Waals surface area contributed by atoms with E-state index >= 15 is 0 Å². The monoisotopic (exact) mass is 691 g/mol. The second-order valence-electron chi connectivity index (χ2n) is 12.6. The molecule has 0 aliphatic heterocycles. The average Bonchev–Trinajstić information content (AvgIpc) is 3.59. The van der Waals surface area contributed by atoms with Crippen molar-refractivity contribution in [2.45, 2.75) is 39.2 Å². The fourth-order valence-corrected chi connectivity index (χ4v) is 15.4. The van der Waals surface area contributed by atoms with E-state index in [4.69, 9.17) is 0 Å². The van der Waals surface area contributed by atoms with Crippen molar-refractivity contribution in [1.29, 1.82) is 0 Å². The minimum Gasteiger partial charge on any atom is -0.355 e. The Hall–Kier alpha value is -5.74. The first-order valence-corrected chi connectivity index (χ1v) is 20.6.